The maximum atomic E-state index is 12.1. The molecule has 1 atom stereocenters. The first-order chi connectivity index (χ1) is 9.23. The normalized spacial score (nSPS) is 13.1. The highest BCUT2D eigenvalue weighted by Gasteiger charge is 2.21. The minimum atomic E-state index is -0.533. The molecule has 4 heteroatoms. The van der Waals surface area contributed by atoms with E-state index < -0.39 is 5.97 Å². The van der Waals surface area contributed by atoms with Crippen molar-refractivity contribution in [3.05, 3.63) is 23.7 Å². The van der Waals surface area contributed by atoms with Gasteiger partial charge in [0.15, 0.2) is 11.5 Å². The maximum Gasteiger partial charge on any atom is 0.374 e. The van der Waals surface area contributed by atoms with Crippen LogP contribution in [0.5, 0.6) is 0 Å². The predicted molar refractivity (Wildman–Crippen MR) is 76.8 cm³/mol. The minimum absolute atomic E-state index is 0.0719. The molecule has 1 rings (SSSR count). The van der Waals surface area contributed by atoms with Crippen LogP contribution in [0.15, 0.2) is 16.5 Å². The highest BCUT2D eigenvalue weighted by atomic mass is 16.5. The third-order valence-corrected chi connectivity index (χ3v) is 2.85. The van der Waals surface area contributed by atoms with Gasteiger partial charge in [0.05, 0.1) is 6.61 Å². The van der Waals surface area contributed by atoms with E-state index in [1.165, 1.54) is 6.07 Å². The van der Waals surface area contributed by atoms with Crippen molar-refractivity contribution in [1.29, 1.82) is 0 Å². The fraction of sp³-hybridized carbons (Fsp3) is 0.625. The fourth-order valence-corrected chi connectivity index (χ4v) is 2.33. The molecular weight excluding hydrogens is 256 g/mol. The van der Waals surface area contributed by atoms with Crippen LogP contribution in [-0.2, 0) is 4.74 Å². The topological polar surface area (TPSA) is 56.5 Å². The lowest BCUT2D eigenvalue weighted by atomic mass is 9.83. The number of Topliss-reactive ketones (excluding diaryl/α,β-unsaturated/α-hetero) is 1. The van der Waals surface area contributed by atoms with Crippen LogP contribution in [0.25, 0.3) is 0 Å². The number of ketones is 1. The Morgan fingerprint density at radius 2 is 1.85 bits per heavy atom. The fourth-order valence-electron chi connectivity index (χ4n) is 2.33. The van der Waals surface area contributed by atoms with Crippen LogP contribution >= 0.6 is 0 Å². The SMILES string of the molecule is CCOC(=O)c1ccc(C(=O)CC(C)CC(C)(C)C)o1. The molecule has 20 heavy (non-hydrogen) atoms. The number of carbonyl (C=O) groups excluding carboxylic acids is 2. The minimum Gasteiger partial charge on any atom is -0.460 e. The quantitative estimate of drug-likeness (QED) is 0.581. The molecule has 0 aliphatic heterocycles. The van der Waals surface area contributed by atoms with Crippen molar-refractivity contribution >= 4 is 11.8 Å². The lowest BCUT2D eigenvalue weighted by Gasteiger charge is -2.22. The van der Waals surface area contributed by atoms with Gasteiger partial charge in [0.2, 0.25) is 5.76 Å². The molecule has 112 valence electrons. The number of esters is 1. The second-order valence-corrected chi connectivity index (χ2v) is 6.38. The summed E-state index contributed by atoms with van der Waals surface area (Å²) in [4.78, 5) is 23.6. The van der Waals surface area contributed by atoms with E-state index in [-0.39, 0.29) is 35.2 Å². The highest BCUT2D eigenvalue weighted by molar-refractivity contribution is 5.95. The molecule has 0 saturated carbocycles. The van der Waals surface area contributed by atoms with Crippen LogP contribution in [0, 0.1) is 11.3 Å². The molecule has 0 radical (unpaired) electrons. The maximum absolute atomic E-state index is 12.1. The van der Waals surface area contributed by atoms with Crippen molar-refractivity contribution in [2.45, 2.75) is 47.5 Å². The summed E-state index contributed by atoms with van der Waals surface area (Å²) in [6, 6.07) is 3.03. The van der Waals surface area contributed by atoms with Gasteiger partial charge in [-0.25, -0.2) is 4.79 Å². The van der Waals surface area contributed by atoms with Crippen LogP contribution in [0.2, 0.25) is 0 Å². The van der Waals surface area contributed by atoms with E-state index in [0.717, 1.165) is 6.42 Å². The van der Waals surface area contributed by atoms with Gasteiger partial charge >= 0.3 is 5.97 Å². The standard InChI is InChI=1S/C16H24O4/c1-6-19-15(18)14-8-7-13(20-14)12(17)9-11(2)10-16(3,4)5/h7-8,11H,6,9-10H2,1-5H3. The molecule has 0 saturated heterocycles. The first-order valence-electron chi connectivity index (χ1n) is 7.03. The molecule has 0 aromatic carbocycles. The van der Waals surface area contributed by atoms with E-state index in [9.17, 15) is 9.59 Å². The van der Waals surface area contributed by atoms with E-state index in [1.54, 1.807) is 13.0 Å². The summed E-state index contributed by atoms with van der Waals surface area (Å²) in [5.41, 5.74) is 0.193. The van der Waals surface area contributed by atoms with Crippen molar-refractivity contribution < 1.29 is 18.7 Å². The number of carbonyl (C=O) groups is 2. The molecule has 0 bridgehead atoms. The first kappa shape index (κ1) is 16.5. The highest BCUT2D eigenvalue weighted by Crippen LogP contribution is 2.27. The monoisotopic (exact) mass is 280 g/mol. The molecule has 0 fully saturated rings. The molecule has 0 spiro atoms. The van der Waals surface area contributed by atoms with Crippen molar-refractivity contribution in [2.24, 2.45) is 11.3 Å². The number of furan rings is 1. The lowest BCUT2D eigenvalue weighted by molar-refractivity contribution is 0.0488. The average molecular weight is 280 g/mol. The second kappa shape index (κ2) is 6.73. The van der Waals surface area contributed by atoms with Crippen LogP contribution in [0.1, 0.15) is 68.6 Å². The molecule has 1 aromatic rings. The Bertz CT molecular complexity index is 465. The van der Waals surface area contributed by atoms with Gasteiger partial charge in [-0.05, 0) is 36.8 Å². The van der Waals surface area contributed by atoms with Gasteiger partial charge in [0, 0.05) is 6.42 Å². The Labute approximate surface area is 120 Å². The molecular formula is C16H24O4. The van der Waals surface area contributed by atoms with E-state index in [4.69, 9.17) is 9.15 Å². The Kier molecular flexibility index (Phi) is 5.54. The molecule has 1 heterocycles. The Morgan fingerprint density at radius 1 is 1.25 bits per heavy atom. The molecule has 1 unspecified atom stereocenters. The van der Waals surface area contributed by atoms with Crippen molar-refractivity contribution in [3.63, 3.8) is 0 Å². The zero-order valence-electron chi connectivity index (χ0n) is 13.0. The summed E-state index contributed by atoms with van der Waals surface area (Å²) in [6.45, 7) is 10.5. The Morgan fingerprint density at radius 3 is 2.40 bits per heavy atom. The van der Waals surface area contributed by atoms with Gasteiger partial charge in [0.25, 0.3) is 0 Å². The van der Waals surface area contributed by atoms with Gasteiger partial charge in [0.1, 0.15) is 0 Å². The van der Waals surface area contributed by atoms with Crippen LogP contribution in [-0.4, -0.2) is 18.4 Å². The summed E-state index contributed by atoms with van der Waals surface area (Å²) in [6.07, 6.45) is 1.39. The third-order valence-electron chi connectivity index (χ3n) is 2.85. The number of hydrogen-bond donors (Lipinski definition) is 0. The predicted octanol–water partition coefficient (Wildman–Crippen LogP) is 4.10. The first-order valence-corrected chi connectivity index (χ1v) is 7.03. The zero-order valence-corrected chi connectivity index (χ0v) is 13.0. The molecule has 0 amide bonds. The van der Waals surface area contributed by atoms with E-state index >= 15 is 0 Å². The number of hydrogen-bond acceptors (Lipinski definition) is 4. The van der Waals surface area contributed by atoms with Gasteiger partial charge in [-0.3, -0.25) is 4.79 Å². The molecule has 0 N–H and O–H groups in total. The lowest BCUT2D eigenvalue weighted by Crippen LogP contribution is -2.14. The molecule has 1 aromatic heterocycles. The summed E-state index contributed by atoms with van der Waals surface area (Å²) < 4.78 is 10.1. The van der Waals surface area contributed by atoms with Crippen LogP contribution in [0.3, 0.4) is 0 Å². The summed E-state index contributed by atoms with van der Waals surface area (Å²) >= 11 is 0. The summed E-state index contributed by atoms with van der Waals surface area (Å²) in [7, 11) is 0. The average Bonchev–Trinajstić information content (AvgIpc) is 2.75. The van der Waals surface area contributed by atoms with Gasteiger partial charge < -0.3 is 9.15 Å². The third kappa shape index (κ3) is 5.19. The van der Waals surface area contributed by atoms with E-state index in [2.05, 4.69) is 27.7 Å². The summed E-state index contributed by atoms with van der Waals surface area (Å²) in [5, 5.41) is 0. The Hall–Kier alpha value is -1.58. The van der Waals surface area contributed by atoms with Crippen LogP contribution < -0.4 is 0 Å². The van der Waals surface area contributed by atoms with Crippen molar-refractivity contribution in [2.75, 3.05) is 6.61 Å². The van der Waals surface area contributed by atoms with Crippen LogP contribution in [0.4, 0.5) is 0 Å². The molecule has 4 nitrogen and oxygen atoms in total. The van der Waals surface area contributed by atoms with Crippen molar-refractivity contribution in [1.82, 2.24) is 0 Å². The smallest absolute Gasteiger partial charge is 0.374 e. The van der Waals surface area contributed by atoms with E-state index in [1.807, 2.05) is 0 Å². The second-order valence-electron chi connectivity index (χ2n) is 6.38. The number of ether oxygens (including phenoxy) is 1. The van der Waals surface area contributed by atoms with Gasteiger partial charge in [-0.2, -0.15) is 0 Å². The van der Waals surface area contributed by atoms with E-state index in [0.29, 0.717) is 6.42 Å². The van der Waals surface area contributed by atoms with Gasteiger partial charge in [-0.1, -0.05) is 27.7 Å². The number of rotatable bonds is 6. The van der Waals surface area contributed by atoms with Crippen molar-refractivity contribution in [3.8, 4) is 0 Å². The Balaban J connectivity index is 2.62. The zero-order chi connectivity index (χ0) is 15.3. The molecule has 0 aliphatic rings. The largest absolute Gasteiger partial charge is 0.460 e. The molecule has 0 aliphatic carbocycles. The van der Waals surface area contributed by atoms with Gasteiger partial charge in [-0.15, -0.1) is 0 Å². The summed E-state index contributed by atoms with van der Waals surface area (Å²) in [5.74, 6) is -0.0160.